The highest BCUT2D eigenvalue weighted by Gasteiger charge is 2.27. The number of anilines is 1. The van der Waals surface area contributed by atoms with Crippen LogP contribution in [0.4, 0.5) is 5.69 Å². The molecule has 2 aromatic rings. The number of hydrogen-bond donors (Lipinski definition) is 1. The molecule has 0 unspecified atom stereocenters. The third kappa shape index (κ3) is 4.26. The van der Waals surface area contributed by atoms with E-state index in [0.717, 1.165) is 37.3 Å². The summed E-state index contributed by atoms with van der Waals surface area (Å²) in [5, 5.41) is 3.29. The summed E-state index contributed by atoms with van der Waals surface area (Å²) in [6.07, 6.45) is 3.17. The van der Waals surface area contributed by atoms with Crippen LogP contribution in [-0.2, 0) is 16.1 Å². The van der Waals surface area contributed by atoms with Crippen molar-refractivity contribution in [2.24, 2.45) is 5.92 Å². The third-order valence-corrected chi connectivity index (χ3v) is 4.59. The van der Waals surface area contributed by atoms with Crippen molar-refractivity contribution in [3.8, 4) is 0 Å². The Kier molecular flexibility index (Phi) is 5.96. The molecule has 1 N–H and O–H groups in total. The summed E-state index contributed by atoms with van der Waals surface area (Å²) < 4.78 is 4.69. The summed E-state index contributed by atoms with van der Waals surface area (Å²) in [5.41, 5.74) is 1.98. The van der Waals surface area contributed by atoms with E-state index in [4.69, 9.17) is 4.74 Å². The smallest absolute Gasteiger partial charge is 0.339 e. The van der Waals surface area contributed by atoms with Crippen molar-refractivity contribution in [2.75, 3.05) is 25.1 Å². The lowest BCUT2D eigenvalue weighted by atomic mass is 9.96. The average molecular weight is 353 g/mol. The maximum atomic E-state index is 13.1. The van der Waals surface area contributed by atoms with E-state index in [1.165, 1.54) is 13.3 Å². The molecule has 0 radical (unpaired) electrons. The molecule has 26 heavy (non-hydrogen) atoms. The average Bonchev–Trinajstić information content (AvgIpc) is 2.72. The van der Waals surface area contributed by atoms with Crippen molar-refractivity contribution < 1.29 is 14.3 Å². The first-order chi connectivity index (χ1) is 12.7. The van der Waals surface area contributed by atoms with Gasteiger partial charge in [0.25, 0.3) is 0 Å². The summed E-state index contributed by atoms with van der Waals surface area (Å²) in [7, 11) is 1.34. The minimum atomic E-state index is -0.422. The third-order valence-electron chi connectivity index (χ3n) is 4.59. The molecule has 0 bridgehead atoms. The molecule has 1 aromatic heterocycles. The van der Waals surface area contributed by atoms with E-state index in [1.54, 1.807) is 17.0 Å². The molecule has 2 heterocycles. The molecule has 0 saturated carbocycles. The molecule has 136 valence electrons. The van der Waals surface area contributed by atoms with Gasteiger partial charge in [-0.3, -0.25) is 9.78 Å². The normalized spacial score (nSPS) is 14.7. The van der Waals surface area contributed by atoms with Gasteiger partial charge in [0.05, 0.1) is 24.9 Å². The highest BCUT2D eigenvalue weighted by atomic mass is 16.5. The van der Waals surface area contributed by atoms with Crippen molar-refractivity contribution in [1.29, 1.82) is 0 Å². The minimum absolute atomic E-state index is 0.0193. The fraction of sp³-hybridized carbons (Fsp3) is 0.350. The molecule has 0 aliphatic carbocycles. The molecule has 0 spiro atoms. The Morgan fingerprint density at radius 1 is 1.15 bits per heavy atom. The van der Waals surface area contributed by atoms with Crippen LogP contribution in [0.1, 0.15) is 28.9 Å². The van der Waals surface area contributed by atoms with Gasteiger partial charge in [-0.1, -0.05) is 18.2 Å². The fourth-order valence-electron chi connectivity index (χ4n) is 3.11. The molecule has 1 aromatic carbocycles. The molecular weight excluding hydrogens is 330 g/mol. The molecule has 1 fully saturated rings. The lowest BCUT2D eigenvalue weighted by Crippen LogP contribution is -2.41. The maximum Gasteiger partial charge on any atom is 0.339 e. The molecule has 1 aliphatic heterocycles. The second kappa shape index (κ2) is 8.58. The number of piperidine rings is 1. The molecule has 1 aliphatic rings. The number of pyridine rings is 1. The summed E-state index contributed by atoms with van der Waals surface area (Å²) in [6.45, 7) is 2.10. The van der Waals surface area contributed by atoms with Crippen LogP contribution in [0, 0.1) is 5.92 Å². The SMILES string of the molecule is COC(=O)c1ccc(CN(C(=O)C2CCNCC2)c2ccccc2)nc1. The number of aromatic nitrogens is 1. The standard InChI is InChI=1S/C20H23N3O3/c1-26-20(25)16-7-8-17(22-13-16)14-23(18-5-3-2-4-6-18)19(24)15-9-11-21-12-10-15/h2-8,13,15,21H,9-12,14H2,1H3. The fourth-order valence-corrected chi connectivity index (χ4v) is 3.11. The van der Waals surface area contributed by atoms with Crippen LogP contribution >= 0.6 is 0 Å². The van der Waals surface area contributed by atoms with Crippen molar-refractivity contribution >= 4 is 17.6 Å². The van der Waals surface area contributed by atoms with E-state index >= 15 is 0 Å². The van der Waals surface area contributed by atoms with E-state index in [-0.39, 0.29) is 11.8 Å². The lowest BCUT2D eigenvalue weighted by molar-refractivity contribution is -0.123. The first-order valence-electron chi connectivity index (χ1n) is 8.79. The predicted octanol–water partition coefficient (Wildman–Crippen LogP) is 2.40. The minimum Gasteiger partial charge on any atom is -0.465 e. The van der Waals surface area contributed by atoms with E-state index in [9.17, 15) is 9.59 Å². The quantitative estimate of drug-likeness (QED) is 0.836. The maximum absolute atomic E-state index is 13.1. The highest BCUT2D eigenvalue weighted by Crippen LogP contribution is 2.23. The van der Waals surface area contributed by atoms with E-state index in [1.807, 2.05) is 30.3 Å². The summed E-state index contributed by atoms with van der Waals surface area (Å²) in [6, 6.07) is 13.1. The number of nitrogens with one attached hydrogen (secondary N) is 1. The van der Waals surface area contributed by atoms with Crippen molar-refractivity contribution in [3.05, 3.63) is 59.9 Å². The summed E-state index contributed by atoms with van der Waals surface area (Å²) in [4.78, 5) is 30.8. The van der Waals surface area contributed by atoms with Gasteiger partial charge in [0.15, 0.2) is 0 Å². The molecule has 6 heteroatoms. The van der Waals surface area contributed by atoms with Crippen molar-refractivity contribution in [3.63, 3.8) is 0 Å². The number of para-hydroxylation sites is 1. The Balaban J connectivity index is 1.81. The zero-order chi connectivity index (χ0) is 18.4. The number of methoxy groups -OCH3 is 1. The molecule has 1 saturated heterocycles. The number of amides is 1. The van der Waals surface area contributed by atoms with Gasteiger partial charge in [0.2, 0.25) is 5.91 Å². The number of ether oxygens (including phenoxy) is 1. The number of hydrogen-bond acceptors (Lipinski definition) is 5. The van der Waals surface area contributed by atoms with Gasteiger partial charge in [0.1, 0.15) is 0 Å². The number of esters is 1. The van der Waals surface area contributed by atoms with Gasteiger partial charge in [-0.2, -0.15) is 0 Å². The predicted molar refractivity (Wildman–Crippen MR) is 98.8 cm³/mol. The van der Waals surface area contributed by atoms with Gasteiger partial charge in [-0.25, -0.2) is 4.79 Å². The van der Waals surface area contributed by atoms with E-state index in [0.29, 0.717) is 12.1 Å². The van der Waals surface area contributed by atoms with Crippen molar-refractivity contribution in [2.45, 2.75) is 19.4 Å². The molecule has 3 rings (SSSR count). The zero-order valence-electron chi connectivity index (χ0n) is 14.9. The topological polar surface area (TPSA) is 71.5 Å². The Hall–Kier alpha value is -2.73. The first-order valence-corrected chi connectivity index (χ1v) is 8.79. The molecule has 1 amide bonds. The highest BCUT2D eigenvalue weighted by molar-refractivity contribution is 5.95. The molecular formula is C20H23N3O3. The zero-order valence-corrected chi connectivity index (χ0v) is 14.9. The van der Waals surface area contributed by atoms with Crippen LogP contribution in [0.5, 0.6) is 0 Å². The Morgan fingerprint density at radius 3 is 2.50 bits per heavy atom. The van der Waals surface area contributed by atoms with Crippen LogP contribution in [-0.4, -0.2) is 37.1 Å². The summed E-state index contributed by atoms with van der Waals surface area (Å²) >= 11 is 0. The molecule has 0 atom stereocenters. The number of carbonyl (C=O) groups excluding carboxylic acids is 2. The second-order valence-corrected chi connectivity index (χ2v) is 6.31. The Morgan fingerprint density at radius 2 is 1.88 bits per heavy atom. The number of rotatable bonds is 5. The van der Waals surface area contributed by atoms with Gasteiger partial charge >= 0.3 is 5.97 Å². The van der Waals surface area contributed by atoms with Gasteiger partial charge < -0.3 is 15.0 Å². The largest absolute Gasteiger partial charge is 0.465 e. The van der Waals surface area contributed by atoms with Gasteiger partial charge in [0, 0.05) is 17.8 Å². The second-order valence-electron chi connectivity index (χ2n) is 6.31. The van der Waals surface area contributed by atoms with Crippen LogP contribution < -0.4 is 10.2 Å². The van der Waals surface area contributed by atoms with Crippen molar-refractivity contribution in [1.82, 2.24) is 10.3 Å². The number of nitrogens with zero attached hydrogens (tertiary/aromatic N) is 2. The van der Waals surface area contributed by atoms with Crippen LogP contribution in [0.2, 0.25) is 0 Å². The van der Waals surface area contributed by atoms with E-state index in [2.05, 4.69) is 10.3 Å². The van der Waals surface area contributed by atoms with Crippen LogP contribution in [0.3, 0.4) is 0 Å². The Bertz CT molecular complexity index is 741. The number of carbonyl (C=O) groups is 2. The van der Waals surface area contributed by atoms with Crippen LogP contribution in [0.15, 0.2) is 48.7 Å². The number of benzene rings is 1. The first kappa shape index (κ1) is 18.1. The van der Waals surface area contributed by atoms with Crippen LogP contribution in [0.25, 0.3) is 0 Å². The van der Waals surface area contributed by atoms with Gasteiger partial charge in [-0.15, -0.1) is 0 Å². The van der Waals surface area contributed by atoms with Gasteiger partial charge in [-0.05, 0) is 50.2 Å². The monoisotopic (exact) mass is 353 g/mol. The van der Waals surface area contributed by atoms with E-state index < -0.39 is 5.97 Å². The Labute approximate surface area is 153 Å². The lowest BCUT2D eigenvalue weighted by Gasteiger charge is -2.29. The summed E-state index contributed by atoms with van der Waals surface area (Å²) in [5.74, 6) is -0.280. The molecule has 6 nitrogen and oxygen atoms in total.